The van der Waals surface area contributed by atoms with Crippen molar-refractivity contribution in [2.75, 3.05) is 13.2 Å². The van der Waals surface area contributed by atoms with Crippen LogP contribution in [0, 0.1) is 12.8 Å². The SMILES string of the molecule is Cc1ccc2ccccc2c1C(=O)C1CCOCC1. The predicted octanol–water partition coefficient (Wildman–Crippen LogP) is 3.76. The molecule has 1 aliphatic heterocycles. The number of ether oxygens (including phenoxy) is 1. The van der Waals surface area contributed by atoms with E-state index in [0.717, 1.165) is 34.7 Å². The van der Waals surface area contributed by atoms with Gasteiger partial charge in [0.05, 0.1) is 0 Å². The number of aryl methyl sites for hydroxylation is 1. The molecule has 1 aliphatic rings. The first-order valence-electron chi connectivity index (χ1n) is 6.87. The van der Waals surface area contributed by atoms with Crippen molar-refractivity contribution in [2.24, 2.45) is 5.92 Å². The number of hydrogen-bond acceptors (Lipinski definition) is 2. The van der Waals surface area contributed by atoms with Crippen LogP contribution in [0.4, 0.5) is 0 Å². The summed E-state index contributed by atoms with van der Waals surface area (Å²) in [4.78, 5) is 12.8. The standard InChI is InChI=1S/C17H18O2/c1-12-6-7-13-4-2-3-5-15(13)16(12)17(18)14-8-10-19-11-9-14/h2-7,14H,8-11H2,1H3. The number of benzene rings is 2. The molecule has 0 aliphatic carbocycles. The molecule has 0 amide bonds. The molecule has 0 radical (unpaired) electrons. The lowest BCUT2D eigenvalue weighted by molar-refractivity contribution is 0.0545. The van der Waals surface area contributed by atoms with Crippen LogP contribution in [-0.2, 0) is 4.74 Å². The van der Waals surface area contributed by atoms with Crippen LogP contribution >= 0.6 is 0 Å². The molecular weight excluding hydrogens is 236 g/mol. The lowest BCUT2D eigenvalue weighted by Gasteiger charge is -2.22. The van der Waals surface area contributed by atoms with Crippen molar-refractivity contribution >= 4 is 16.6 Å². The topological polar surface area (TPSA) is 26.3 Å². The van der Waals surface area contributed by atoms with Crippen LogP contribution in [-0.4, -0.2) is 19.0 Å². The molecule has 19 heavy (non-hydrogen) atoms. The lowest BCUT2D eigenvalue weighted by atomic mass is 9.86. The highest BCUT2D eigenvalue weighted by Crippen LogP contribution is 2.28. The maximum atomic E-state index is 12.8. The van der Waals surface area contributed by atoms with Gasteiger partial charge in [0.1, 0.15) is 0 Å². The van der Waals surface area contributed by atoms with Gasteiger partial charge in [-0.3, -0.25) is 4.79 Å². The highest BCUT2D eigenvalue weighted by molar-refractivity contribution is 6.10. The smallest absolute Gasteiger partial charge is 0.167 e. The van der Waals surface area contributed by atoms with E-state index < -0.39 is 0 Å². The van der Waals surface area contributed by atoms with Gasteiger partial charge in [0, 0.05) is 24.7 Å². The van der Waals surface area contributed by atoms with Crippen molar-refractivity contribution in [3.63, 3.8) is 0 Å². The molecule has 0 N–H and O–H groups in total. The number of Topliss-reactive ketones (excluding diaryl/α,β-unsaturated/α-hetero) is 1. The van der Waals surface area contributed by atoms with E-state index in [-0.39, 0.29) is 11.7 Å². The third-order valence-corrected chi connectivity index (χ3v) is 3.98. The molecule has 2 nitrogen and oxygen atoms in total. The van der Waals surface area contributed by atoms with Gasteiger partial charge in [-0.05, 0) is 36.1 Å². The normalized spacial score (nSPS) is 16.7. The molecule has 3 rings (SSSR count). The molecule has 0 spiro atoms. The zero-order chi connectivity index (χ0) is 13.2. The van der Waals surface area contributed by atoms with Gasteiger partial charge in [0.25, 0.3) is 0 Å². The summed E-state index contributed by atoms with van der Waals surface area (Å²) in [7, 11) is 0. The summed E-state index contributed by atoms with van der Waals surface area (Å²) in [6, 6.07) is 12.3. The van der Waals surface area contributed by atoms with Crippen LogP contribution < -0.4 is 0 Å². The van der Waals surface area contributed by atoms with Crippen molar-refractivity contribution in [3.8, 4) is 0 Å². The highest BCUT2D eigenvalue weighted by atomic mass is 16.5. The Morgan fingerprint density at radius 2 is 1.84 bits per heavy atom. The van der Waals surface area contributed by atoms with E-state index in [0.29, 0.717) is 13.2 Å². The van der Waals surface area contributed by atoms with Crippen LogP contribution in [0.25, 0.3) is 10.8 Å². The summed E-state index contributed by atoms with van der Waals surface area (Å²) in [5.41, 5.74) is 1.99. The van der Waals surface area contributed by atoms with Crippen LogP contribution in [0.2, 0.25) is 0 Å². The summed E-state index contributed by atoms with van der Waals surface area (Å²) in [6.45, 7) is 3.44. The first-order chi connectivity index (χ1) is 9.27. The molecule has 0 unspecified atom stereocenters. The van der Waals surface area contributed by atoms with Crippen LogP contribution in [0.1, 0.15) is 28.8 Å². The number of hydrogen-bond donors (Lipinski definition) is 0. The Morgan fingerprint density at radius 3 is 2.63 bits per heavy atom. The Bertz CT molecular complexity index is 610. The van der Waals surface area contributed by atoms with Crippen molar-refractivity contribution in [3.05, 3.63) is 47.5 Å². The van der Waals surface area contributed by atoms with E-state index >= 15 is 0 Å². The van der Waals surface area contributed by atoms with E-state index in [2.05, 4.69) is 24.3 Å². The molecule has 98 valence electrons. The molecule has 2 aromatic carbocycles. The fraction of sp³-hybridized carbons (Fsp3) is 0.353. The largest absolute Gasteiger partial charge is 0.381 e. The van der Waals surface area contributed by atoms with Crippen LogP contribution in [0.5, 0.6) is 0 Å². The van der Waals surface area contributed by atoms with Gasteiger partial charge in [0.15, 0.2) is 5.78 Å². The Kier molecular flexibility index (Phi) is 3.34. The van der Waals surface area contributed by atoms with E-state index in [4.69, 9.17) is 4.74 Å². The van der Waals surface area contributed by atoms with Gasteiger partial charge in [0.2, 0.25) is 0 Å². The minimum absolute atomic E-state index is 0.123. The summed E-state index contributed by atoms with van der Waals surface area (Å²) in [5.74, 6) is 0.413. The summed E-state index contributed by atoms with van der Waals surface area (Å²) in [6.07, 6.45) is 1.70. The minimum Gasteiger partial charge on any atom is -0.381 e. The van der Waals surface area contributed by atoms with E-state index in [1.807, 2.05) is 19.1 Å². The van der Waals surface area contributed by atoms with Crippen molar-refractivity contribution in [1.82, 2.24) is 0 Å². The monoisotopic (exact) mass is 254 g/mol. The lowest BCUT2D eigenvalue weighted by Crippen LogP contribution is -2.24. The van der Waals surface area contributed by atoms with Crippen molar-refractivity contribution < 1.29 is 9.53 Å². The molecular formula is C17H18O2. The molecule has 2 aromatic rings. The zero-order valence-electron chi connectivity index (χ0n) is 11.2. The van der Waals surface area contributed by atoms with Gasteiger partial charge < -0.3 is 4.74 Å². The molecule has 2 heteroatoms. The van der Waals surface area contributed by atoms with Crippen LogP contribution in [0.3, 0.4) is 0 Å². The third kappa shape index (κ3) is 2.28. The fourth-order valence-corrected chi connectivity index (χ4v) is 2.87. The average Bonchev–Trinajstić information content (AvgIpc) is 2.47. The predicted molar refractivity (Wildman–Crippen MR) is 76.6 cm³/mol. The molecule has 0 atom stereocenters. The second-order valence-electron chi connectivity index (χ2n) is 5.23. The average molecular weight is 254 g/mol. The molecule has 0 bridgehead atoms. The van der Waals surface area contributed by atoms with Crippen LogP contribution in [0.15, 0.2) is 36.4 Å². The van der Waals surface area contributed by atoms with Crippen molar-refractivity contribution in [1.29, 1.82) is 0 Å². The highest BCUT2D eigenvalue weighted by Gasteiger charge is 2.25. The first kappa shape index (κ1) is 12.4. The van der Waals surface area contributed by atoms with Gasteiger partial charge in [-0.1, -0.05) is 36.4 Å². The number of carbonyl (C=O) groups is 1. The number of fused-ring (bicyclic) bond motifs is 1. The fourth-order valence-electron chi connectivity index (χ4n) is 2.87. The minimum atomic E-state index is 0.123. The third-order valence-electron chi connectivity index (χ3n) is 3.98. The van der Waals surface area contributed by atoms with Gasteiger partial charge in [-0.25, -0.2) is 0 Å². The second-order valence-corrected chi connectivity index (χ2v) is 5.23. The molecule has 1 saturated heterocycles. The molecule has 0 aromatic heterocycles. The first-order valence-corrected chi connectivity index (χ1v) is 6.87. The maximum Gasteiger partial charge on any atom is 0.167 e. The van der Waals surface area contributed by atoms with E-state index in [1.165, 1.54) is 0 Å². The van der Waals surface area contributed by atoms with Gasteiger partial charge >= 0.3 is 0 Å². The van der Waals surface area contributed by atoms with Gasteiger partial charge in [-0.2, -0.15) is 0 Å². The quantitative estimate of drug-likeness (QED) is 0.763. The van der Waals surface area contributed by atoms with E-state index in [9.17, 15) is 4.79 Å². The Hall–Kier alpha value is -1.67. The van der Waals surface area contributed by atoms with Crippen molar-refractivity contribution in [2.45, 2.75) is 19.8 Å². The zero-order valence-corrected chi connectivity index (χ0v) is 11.2. The number of carbonyl (C=O) groups excluding carboxylic acids is 1. The number of rotatable bonds is 2. The summed E-state index contributed by atoms with van der Waals surface area (Å²) >= 11 is 0. The summed E-state index contributed by atoms with van der Waals surface area (Å²) in [5, 5.41) is 2.22. The second kappa shape index (κ2) is 5.14. The Morgan fingerprint density at radius 1 is 1.11 bits per heavy atom. The Balaban J connectivity index is 2.08. The molecule has 1 fully saturated rings. The Labute approximate surface area is 113 Å². The molecule has 1 heterocycles. The maximum absolute atomic E-state index is 12.8. The van der Waals surface area contributed by atoms with E-state index in [1.54, 1.807) is 0 Å². The summed E-state index contributed by atoms with van der Waals surface area (Å²) < 4.78 is 5.35. The number of ketones is 1. The molecule has 0 saturated carbocycles. The van der Waals surface area contributed by atoms with Gasteiger partial charge in [-0.15, -0.1) is 0 Å².